The van der Waals surface area contributed by atoms with Crippen LogP contribution in [0.2, 0.25) is 0 Å². The fraction of sp³-hybridized carbons (Fsp3) is 0.250. The van der Waals surface area contributed by atoms with Gasteiger partial charge in [-0.3, -0.25) is 4.79 Å². The molecule has 3 rings (SSSR count). The molecule has 0 aliphatic carbocycles. The highest BCUT2D eigenvalue weighted by molar-refractivity contribution is 6.04. The SMILES string of the molecule is C[C@H]1OC(=O)c2c(ccc(C(=O)N[C@@H](Cc3ccccc3)C(=O)O)c2O)[C@@H]1O. The van der Waals surface area contributed by atoms with Gasteiger partial charge in [0, 0.05) is 12.0 Å². The molecule has 146 valence electrons. The molecule has 1 aliphatic rings. The van der Waals surface area contributed by atoms with Crippen molar-refractivity contribution in [1.82, 2.24) is 5.32 Å². The van der Waals surface area contributed by atoms with E-state index in [9.17, 15) is 29.7 Å². The number of esters is 1. The lowest BCUT2D eigenvalue weighted by Gasteiger charge is -2.28. The monoisotopic (exact) mass is 385 g/mol. The lowest BCUT2D eigenvalue weighted by Crippen LogP contribution is -2.42. The Morgan fingerprint density at radius 2 is 1.86 bits per heavy atom. The van der Waals surface area contributed by atoms with Gasteiger partial charge in [-0.2, -0.15) is 0 Å². The summed E-state index contributed by atoms with van der Waals surface area (Å²) in [5.41, 5.74) is 0.285. The number of hydrogen-bond donors (Lipinski definition) is 4. The minimum Gasteiger partial charge on any atom is -0.506 e. The molecule has 0 spiro atoms. The number of phenolic OH excluding ortho intramolecular Hbond substituents is 1. The number of aliphatic hydroxyl groups is 1. The number of carbonyl (C=O) groups excluding carboxylic acids is 2. The second kappa shape index (κ2) is 7.69. The number of aromatic hydroxyl groups is 1. The Morgan fingerprint density at radius 3 is 2.50 bits per heavy atom. The van der Waals surface area contributed by atoms with Crippen molar-refractivity contribution in [3.05, 3.63) is 64.7 Å². The minimum atomic E-state index is -1.24. The molecule has 0 bridgehead atoms. The zero-order valence-corrected chi connectivity index (χ0v) is 15.0. The van der Waals surface area contributed by atoms with Gasteiger partial charge in [-0.15, -0.1) is 0 Å². The molecular weight excluding hydrogens is 366 g/mol. The molecule has 0 fully saturated rings. The van der Waals surface area contributed by atoms with Crippen LogP contribution in [0.3, 0.4) is 0 Å². The van der Waals surface area contributed by atoms with E-state index in [1.54, 1.807) is 30.3 Å². The van der Waals surface area contributed by atoms with E-state index in [2.05, 4.69) is 5.32 Å². The second-order valence-corrected chi connectivity index (χ2v) is 6.54. The molecule has 1 amide bonds. The number of fused-ring (bicyclic) bond motifs is 1. The first-order valence-corrected chi connectivity index (χ1v) is 8.62. The molecule has 0 aromatic heterocycles. The fourth-order valence-electron chi connectivity index (χ4n) is 3.08. The van der Waals surface area contributed by atoms with Gasteiger partial charge in [0.15, 0.2) is 0 Å². The van der Waals surface area contributed by atoms with Crippen LogP contribution in [-0.2, 0) is 16.0 Å². The largest absolute Gasteiger partial charge is 0.506 e. The fourth-order valence-corrected chi connectivity index (χ4v) is 3.08. The molecule has 8 nitrogen and oxygen atoms in total. The van der Waals surface area contributed by atoms with Crippen LogP contribution in [0.4, 0.5) is 0 Å². The third kappa shape index (κ3) is 3.67. The maximum atomic E-state index is 12.6. The van der Waals surface area contributed by atoms with E-state index < -0.39 is 41.8 Å². The summed E-state index contributed by atoms with van der Waals surface area (Å²) in [6.07, 6.45) is -1.88. The predicted molar refractivity (Wildman–Crippen MR) is 97.0 cm³/mol. The van der Waals surface area contributed by atoms with Crippen LogP contribution in [-0.4, -0.2) is 45.3 Å². The van der Waals surface area contributed by atoms with Crippen LogP contribution in [0.25, 0.3) is 0 Å². The summed E-state index contributed by atoms with van der Waals surface area (Å²) < 4.78 is 4.96. The molecule has 3 atom stereocenters. The van der Waals surface area contributed by atoms with E-state index in [0.29, 0.717) is 5.56 Å². The van der Waals surface area contributed by atoms with Gasteiger partial charge in [-0.05, 0) is 18.6 Å². The summed E-state index contributed by atoms with van der Waals surface area (Å²) in [6, 6.07) is 10.1. The smallest absolute Gasteiger partial charge is 0.342 e. The molecule has 28 heavy (non-hydrogen) atoms. The normalized spacial score (nSPS) is 19.3. The zero-order valence-electron chi connectivity index (χ0n) is 15.0. The van der Waals surface area contributed by atoms with Crippen molar-refractivity contribution in [3.8, 4) is 5.75 Å². The van der Waals surface area contributed by atoms with Crippen molar-refractivity contribution >= 4 is 17.8 Å². The molecule has 0 unspecified atom stereocenters. The lowest BCUT2D eigenvalue weighted by molar-refractivity contribution is -0.139. The summed E-state index contributed by atoms with van der Waals surface area (Å²) in [5.74, 6) is -3.61. The average molecular weight is 385 g/mol. The van der Waals surface area contributed by atoms with Crippen molar-refractivity contribution in [1.29, 1.82) is 0 Å². The highest BCUT2D eigenvalue weighted by atomic mass is 16.6. The summed E-state index contributed by atoms with van der Waals surface area (Å²) in [5, 5.41) is 32.3. The first-order valence-electron chi connectivity index (χ1n) is 8.62. The highest BCUT2D eigenvalue weighted by Gasteiger charge is 2.36. The van der Waals surface area contributed by atoms with Gasteiger partial charge in [0.05, 0.1) is 5.56 Å². The van der Waals surface area contributed by atoms with Gasteiger partial charge in [0.1, 0.15) is 29.6 Å². The first kappa shape index (κ1) is 19.4. The average Bonchev–Trinajstić information content (AvgIpc) is 2.66. The maximum absolute atomic E-state index is 12.6. The third-order valence-electron chi connectivity index (χ3n) is 4.60. The number of carboxylic acids is 1. The van der Waals surface area contributed by atoms with Gasteiger partial charge in [-0.1, -0.05) is 36.4 Å². The number of phenols is 1. The number of carbonyl (C=O) groups is 3. The van der Waals surface area contributed by atoms with Crippen molar-refractivity contribution in [3.63, 3.8) is 0 Å². The Bertz CT molecular complexity index is 926. The molecule has 0 saturated carbocycles. The first-order chi connectivity index (χ1) is 13.3. The molecule has 0 radical (unpaired) electrons. The van der Waals surface area contributed by atoms with Crippen molar-refractivity contribution < 1.29 is 34.4 Å². The molecule has 8 heteroatoms. The highest BCUT2D eigenvalue weighted by Crippen LogP contribution is 2.36. The maximum Gasteiger partial charge on any atom is 0.342 e. The van der Waals surface area contributed by atoms with E-state index in [0.717, 1.165) is 0 Å². The predicted octanol–water partition coefficient (Wildman–Crippen LogP) is 1.41. The molecule has 0 saturated heterocycles. The Hall–Kier alpha value is -3.39. The summed E-state index contributed by atoms with van der Waals surface area (Å²) >= 11 is 0. The molecule has 4 N–H and O–H groups in total. The molecule has 2 aromatic carbocycles. The van der Waals surface area contributed by atoms with Crippen LogP contribution in [0.1, 0.15) is 44.9 Å². The number of hydrogen-bond acceptors (Lipinski definition) is 6. The van der Waals surface area contributed by atoms with E-state index in [4.69, 9.17) is 4.74 Å². The van der Waals surface area contributed by atoms with Crippen LogP contribution in [0.5, 0.6) is 5.75 Å². The number of carboxylic acid groups (broad SMARTS) is 1. The van der Waals surface area contributed by atoms with Crippen LogP contribution in [0.15, 0.2) is 42.5 Å². The number of aliphatic hydroxyl groups excluding tert-OH is 1. The quantitative estimate of drug-likeness (QED) is 0.572. The number of nitrogens with one attached hydrogen (secondary N) is 1. The Morgan fingerprint density at radius 1 is 1.18 bits per heavy atom. The Labute approximate surface area is 160 Å². The van der Waals surface area contributed by atoms with Gasteiger partial charge in [-0.25, -0.2) is 9.59 Å². The molecular formula is C20H19NO7. The van der Waals surface area contributed by atoms with E-state index in [-0.39, 0.29) is 23.1 Å². The van der Waals surface area contributed by atoms with Gasteiger partial charge in [0.2, 0.25) is 0 Å². The Balaban J connectivity index is 1.87. The number of aliphatic carboxylic acids is 1. The van der Waals surface area contributed by atoms with Crippen LogP contribution < -0.4 is 5.32 Å². The van der Waals surface area contributed by atoms with Gasteiger partial charge >= 0.3 is 11.9 Å². The summed E-state index contributed by atoms with van der Waals surface area (Å²) in [7, 11) is 0. The lowest BCUT2D eigenvalue weighted by atomic mass is 9.93. The number of rotatable bonds is 5. The summed E-state index contributed by atoms with van der Waals surface area (Å²) in [4.78, 5) is 36.2. The Kier molecular flexibility index (Phi) is 5.32. The number of ether oxygens (including phenoxy) is 1. The summed E-state index contributed by atoms with van der Waals surface area (Å²) in [6.45, 7) is 1.50. The van der Waals surface area contributed by atoms with E-state index >= 15 is 0 Å². The van der Waals surface area contributed by atoms with Gasteiger partial charge in [0.25, 0.3) is 5.91 Å². The number of amides is 1. The van der Waals surface area contributed by atoms with Crippen molar-refractivity contribution in [2.45, 2.75) is 31.6 Å². The van der Waals surface area contributed by atoms with Crippen molar-refractivity contribution in [2.24, 2.45) is 0 Å². The van der Waals surface area contributed by atoms with Gasteiger partial charge < -0.3 is 25.4 Å². The van der Waals surface area contributed by atoms with E-state index in [1.807, 2.05) is 0 Å². The second-order valence-electron chi connectivity index (χ2n) is 6.54. The number of benzene rings is 2. The third-order valence-corrected chi connectivity index (χ3v) is 4.60. The van der Waals surface area contributed by atoms with Crippen molar-refractivity contribution in [2.75, 3.05) is 0 Å². The van der Waals surface area contributed by atoms with E-state index in [1.165, 1.54) is 19.1 Å². The minimum absolute atomic E-state index is 0.0475. The molecule has 2 aromatic rings. The van der Waals surface area contributed by atoms with Crippen LogP contribution in [0, 0.1) is 0 Å². The standard InChI is InChI=1S/C20H19NO7/c1-10-16(22)12-7-8-13(17(23)15(12)20(27)28-10)18(24)21-14(19(25)26)9-11-5-3-2-4-6-11/h2-8,10,14,16,22-23H,9H2,1H3,(H,21,24)(H,25,26)/t10-,14+,16-/m1/s1. The zero-order chi connectivity index (χ0) is 20.4. The molecule has 1 heterocycles. The molecule has 1 aliphatic heterocycles. The van der Waals surface area contributed by atoms with Crippen LogP contribution >= 0.6 is 0 Å². The topological polar surface area (TPSA) is 133 Å². The number of cyclic esters (lactones) is 1.